The predicted molar refractivity (Wildman–Crippen MR) is 121 cm³/mol. The zero-order valence-electron chi connectivity index (χ0n) is 18.8. The highest BCUT2D eigenvalue weighted by Crippen LogP contribution is 2.47. The lowest BCUT2D eigenvalue weighted by molar-refractivity contribution is 0.0967. The van der Waals surface area contributed by atoms with Crippen LogP contribution < -0.4 is 4.90 Å². The summed E-state index contributed by atoms with van der Waals surface area (Å²) >= 11 is 0. The Labute approximate surface area is 187 Å². The highest BCUT2D eigenvalue weighted by molar-refractivity contribution is 6.06. The van der Waals surface area contributed by atoms with Crippen LogP contribution in [-0.4, -0.2) is 35.6 Å². The van der Waals surface area contributed by atoms with Gasteiger partial charge < -0.3 is 9.42 Å². The normalized spacial score (nSPS) is 17.7. The Bertz CT molecular complexity index is 1160. The smallest absolute Gasteiger partial charge is 0.280 e. The molecule has 1 spiro atoms. The molecular formula is C26H28FN3O2. The number of likely N-dealkylation sites (tertiary alicyclic amines) is 1. The zero-order valence-corrected chi connectivity index (χ0v) is 18.8. The van der Waals surface area contributed by atoms with Gasteiger partial charge in [0, 0.05) is 30.3 Å². The maximum atomic E-state index is 14.3. The van der Waals surface area contributed by atoms with Gasteiger partial charge in [0.1, 0.15) is 11.6 Å². The first-order valence-corrected chi connectivity index (χ1v) is 11.2. The largest absolute Gasteiger partial charge is 0.361 e. The van der Waals surface area contributed by atoms with Crippen LogP contribution >= 0.6 is 0 Å². The monoisotopic (exact) mass is 433 g/mol. The molecule has 166 valence electrons. The standard InChI is InChI=1S/C26H28FN3O2/c1-17-10-18(2)12-20(11-17)15-29-8-6-26(7-9-29)16-30(24-5-4-21(27)14-22(24)26)25(31)23-13-19(3)32-28-23/h4-5,10-14H,6-9,15-16H2,1-3H3. The third-order valence-corrected chi connectivity index (χ3v) is 6.87. The number of halogens is 1. The molecule has 1 saturated heterocycles. The highest BCUT2D eigenvalue weighted by atomic mass is 19.1. The number of carbonyl (C=O) groups is 1. The van der Waals surface area contributed by atoms with E-state index in [2.05, 4.69) is 42.1 Å². The lowest BCUT2D eigenvalue weighted by atomic mass is 9.74. The SMILES string of the molecule is Cc1cc(C)cc(CN2CCC3(CC2)CN(C(=O)c2cc(C)on2)c2ccc(F)cc23)c1. The molecule has 0 aliphatic carbocycles. The van der Waals surface area contributed by atoms with E-state index in [0.717, 1.165) is 43.7 Å². The molecule has 2 aliphatic rings. The maximum absolute atomic E-state index is 14.3. The van der Waals surface area contributed by atoms with Gasteiger partial charge in [-0.25, -0.2) is 4.39 Å². The zero-order chi connectivity index (χ0) is 22.5. The van der Waals surface area contributed by atoms with Crippen molar-refractivity contribution in [2.45, 2.75) is 45.6 Å². The molecule has 0 N–H and O–H groups in total. The molecule has 0 atom stereocenters. The van der Waals surface area contributed by atoms with E-state index in [1.807, 2.05) is 0 Å². The van der Waals surface area contributed by atoms with E-state index in [9.17, 15) is 9.18 Å². The quantitative estimate of drug-likeness (QED) is 0.588. The van der Waals surface area contributed by atoms with Crippen LogP contribution in [0.25, 0.3) is 0 Å². The van der Waals surface area contributed by atoms with Crippen molar-refractivity contribution in [3.63, 3.8) is 0 Å². The summed E-state index contributed by atoms with van der Waals surface area (Å²) in [6.45, 7) is 9.32. The van der Waals surface area contributed by atoms with Gasteiger partial charge in [-0.1, -0.05) is 34.5 Å². The molecule has 1 aromatic heterocycles. The summed E-state index contributed by atoms with van der Waals surface area (Å²) in [6.07, 6.45) is 1.77. The molecule has 1 amide bonds. The van der Waals surface area contributed by atoms with Crippen molar-refractivity contribution >= 4 is 11.6 Å². The molecule has 6 heteroatoms. The number of rotatable bonds is 3. The minimum atomic E-state index is -0.257. The fourth-order valence-corrected chi connectivity index (χ4v) is 5.41. The summed E-state index contributed by atoms with van der Waals surface area (Å²) in [5.74, 6) is 0.151. The van der Waals surface area contributed by atoms with Gasteiger partial charge in [-0.3, -0.25) is 9.69 Å². The number of carbonyl (C=O) groups excluding carboxylic acids is 1. The lowest BCUT2D eigenvalue weighted by Crippen LogP contribution is -2.45. The van der Waals surface area contributed by atoms with Crippen LogP contribution in [0.4, 0.5) is 10.1 Å². The molecule has 5 rings (SSSR count). The Morgan fingerprint density at radius 1 is 1.06 bits per heavy atom. The molecule has 5 nitrogen and oxygen atoms in total. The Morgan fingerprint density at radius 2 is 1.78 bits per heavy atom. The van der Waals surface area contributed by atoms with Crippen LogP contribution in [0.15, 0.2) is 47.0 Å². The van der Waals surface area contributed by atoms with Gasteiger partial charge >= 0.3 is 0 Å². The van der Waals surface area contributed by atoms with Gasteiger partial charge in [0.15, 0.2) is 5.69 Å². The minimum absolute atomic E-state index is 0.191. The number of benzene rings is 2. The topological polar surface area (TPSA) is 49.6 Å². The van der Waals surface area contributed by atoms with Gasteiger partial charge in [-0.15, -0.1) is 0 Å². The average Bonchev–Trinajstić information content (AvgIpc) is 3.31. The summed E-state index contributed by atoms with van der Waals surface area (Å²) in [5.41, 5.74) is 5.69. The molecule has 1 fully saturated rings. The van der Waals surface area contributed by atoms with Gasteiger partial charge in [0.05, 0.1) is 0 Å². The second-order valence-corrected chi connectivity index (χ2v) is 9.43. The summed E-state index contributed by atoms with van der Waals surface area (Å²) in [5, 5.41) is 3.91. The van der Waals surface area contributed by atoms with E-state index < -0.39 is 0 Å². The van der Waals surface area contributed by atoms with E-state index in [1.165, 1.54) is 22.8 Å². The first kappa shape index (κ1) is 20.9. The number of fused-ring (bicyclic) bond motifs is 2. The average molecular weight is 434 g/mol. The third kappa shape index (κ3) is 3.73. The molecule has 32 heavy (non-hydrogen) atoms. The maximum Gasteiger partial charge on any atom is 0.280 e. The van der Waals surface area contributed by atoms with Crippen LogP contribution in [0, 0.1) is 26.6 Å². The van der Waals surface area contributed by atoms with Crippen molar-refractivity contribution < 1.29 is 13.7 Å². The fraction of sp³-hybridized carbons (Fsp3) is 0.385. The summed E-state index contributed by atoms with van der Waals surface area (Å²) in [7, 11) is 0. The first-order chi connectivity index (χ1) is 15.3. The second-order valence-electron chi connectivity index (χ2n) is 9.43. The fourth-order valence-electron chi connectivity index (χ4n) is 5.41. The van der Waals surface area contributed by atoms with Crippen molar-refractivity contribution in [3.8, 4) is 0 Å². The molecule has 0 saturated carbocycles. The van der Waals surface area contributed by atoms with Crippen LogP contribution in [-0.2, 0) is 12.0 Å². The number of piperidine rings is 1. The van der Waals surface area contributed by atoms with Gasteiger partial charge in [-0.05, 0) is 76.0 Å². The number of anilines is 1. The number of amides is 1. The summed E-state index contributed by atoms with van der Waals surface area (Å²) in [4.78, 5) is 17.4. The lowest BCUT2D eigenvalue weighted by Gasteiger charge is -2.40. The Balaban J connectivity index is 1.38. The second kappa shape index (κ2) is 7.85. The van der Waals surface area contributed by atoms with Gasteiger partial charge in [0.25, 0.3) is 5.91 Å². The van der Waals surface area contributed by atoms with E-state index in [4.69, 9.17) is 4.52 Å². The molecule has 0 bridgehead atoms. The molecule has 2 aromatic carbocycles. The molecular weight excluding hydrogens is 405 g/mol. The van der Waals surface area contributed by atoms with Crippen molar-refractivity contribution in [1.29, 1.82) is 0 Å². The van der Waals surface area contributed by atoms with Gasteiger partial charge in [0.2, 0.25) is 0 Å². The Hall–Kier alpha value is -2.99. The van der Waals surface area contributed by atoms with Crippen LogP contribution in [0.5, 0.6) is 0 Å². The minimum Gasteiger partial charge on any atom is -0.361 e. The first-order valence-electron chi connectivity index (χ1n) is 11.2. The van der Waals surface area contributed by atoms with Crippen LogP contribution in [0.1, 0.15) is 51.3 Å². The van der Waals surface area contributed by atoms with E-state index in [-0.39, 0.29) is 17.1 Å². The number of nitrogens with zero attached hydrogens (tertiary/aromatic N) is 3. The van der Waals surface area contributed by atoms with E-state index in [1.54, 1.807) is 30.0 Å². The summed E-state index contributed by atoms with van der Waals surface area (Å²) < 4.78 is 19.4. The van der Waals surface area contributed by atoms with Crippen molar-refractivity contribution in [2.75, 3.05) is 24.5 Å². The molecule has 3 heterocycles. The molecule has 2 aliphatic heterocycles. The highest BCUT2D eigenvalue weighted by Gasteiger charge is 2.47. The van der Waals surface area contributed by atoms with E-state index >= 15 is 0 Å². The Morgan fingerprint density at radius 3 is 2.44 bits per heavy atom. The Kier molecular flexibility index (Phi) is 5.13. The van der Waals surface area contributed by atoms with E-state index in [0.29, 0.717) is 18.0 Å². The molecule has 3 aromatic rings. The number of hydrogen-bond acceptors (Lipinski definition) is 4. The predicted octanol–water partition coefficient (Wildman–Crippen LogP) is 4.93. The number of hydrogen-bond donors (Lipinski definition) is 0. The van der Waals surface area contributed by atoms with Gasteiger partial charge in [-0.2, -0.15) is 0 Å². The number of aromatic nitrogens is 1. The molecule has 0 radical (unpaired) electrons. The third-order valence-electron chi connectivity index (χ3n) is 6.87. The summed E-state index contributed by atoms with van der Waals surface area (Å²) in [6, 6.07) is 13.1. The van der Waals surface area contributed by atoms with Crippen molar-refractivity contribution in [2.24, 2.45) is 0 Å². The van der Waals surface area contributed by atoms with Crippen LogP contribution in [0.2, 0.25) is 0 Å². The number of aryl methyl sites for hydroxylation is 3. The van der Waals surface area contributed by atoms with Crippen LogP contribution in [0.3, 0.4) is 0 Å². The van der Waals surface area contributed by atoms with Crippen molar-refractivity contribution in [1.82, 2.24) is 10.1 Å². The molecule has 0 unspecified atom stereocenters. The van der Waals surface area contributed by atoms with Crippen molar-refractivity contribution in [3.05, 3.63) is 82.0 Å².